The number of nitrogens with two attached hydrogens (primary N) is 1. The summed E-state index contributed by atoms with van der Waals surface area (Å²) in [6.07, 6.45) is 0.514. The van der Waals surface area contributed by atoms with E-state index in [0.29, 0.717) is 17.0 Å². The number of carbonyl (C=O) groups excluding carboxylic acids is 1. The van der Waals surface area contributed by atoms with Crippen LogP contribution < -0.4 is 5.73 Å². The molecule has 0 fully saturated rings. The standard InChI is InChI=1S/C18H15ClN3O3/c19-14-8-6-12(7-9-14)10-11-21-17(20)16(22(24)25)15(18(21)23)13-4-2-1-3-5-13/h1-4,6-9,15H,10-11,20H2. The molecule has 1 amide bonds. The van der Waals surface area contributed by atoms with Crippen LogP contribution in [-0.4, -0.2) is 22.3 Å². The lowest BCUT2D eigenvalue weighted by atomic mass is 9.97. The number of halogens is 1. The van der Waals surface area contributed by atoms with Crippen molar-refractivity contribution in [3.05, 3.63) is 92.4 Å². The quantitative estimate of drug-likeness (QED) is 0.658. The van der Waals surface area contributed by atoms with Gasteiger partial charge in [0, 0.05) is 11.6 Å². The molecule has 25 heavy (non-hydrogen) atoms. The molecule has 2 aromatic rings. The summed E-state index contributed by atoms with van der Waals surface area (Å²) in [6.45, 7) is 0.257. The number of nitrogens with zero attached hydrogens (tertiary/aromatic N) is 2. The van der Waals surface area contributed by atoms with Crippen LogP contribution in [0, 0.1) is 16.2 Å². The van der Waals surface area contributed by atoms with E-state index in [9.17, 15) is 14.9 Å². The minimum absolute atomic E-state index is 0.105. The molecule has 6 nitrogen and oxygen atoms in total. The van der Waals surface area contributed by atoms with E-state index < -0.39 is 16.7 Å². The Labute approximate surface area is 149 Å². The fourth-order valence-corrected chi connectivity index (χ4v) is 2.99. The van der Waals surface area contributed by atoms with Gasteiger partial charge in [0.05, 0.1) is 4.92 Å². The average molecular weight is 357 g/mol. The number of hydrogen-bond donors (Lipinski definition) is 1. The Hall–Kier alpha value is -2.86. The molecule has 1 atom stereocenters. The molecule has 7 heteroatoms. The number of carbonyl (C=O) groups is 1. The van der Waals surface area contributed by atoms with Crippen molar-refractivity contribution >= 4 is 17.5 Å². The molecular formula is C18H15ClN3O3. The first kappa shape index (κ1) is 17.0. The Morgan fingerprint density at radius 2 is 1.96 bits per heavy atom. The average Bonchev–Trinajstić information content (AvgIpc) is 2.86. The van der Waals surface area contributed by atoms with E-state index in [1.54, 1.807) is 36.4 Å². The molecule has 1 radical (unpaired) electrons. The van der Waals surface area contributed by atoms with Gasteiger partial charge in [-0.1, -0.05) is 48.0 Å². The fourth-order valence-electron chi connectivity index (χ4n) is 2.87. The Bertz CT molecular complexity index is 834. The molecule has 1 heterocycles. The first-order valence-electron chi connectivity index (χ1n) is 7.65. The van der Waals surface area contributed by atoms with Crippen molar-refractivity contribution < 1.29 is 9.72 Å². The zero-order valence-electron chi connectivity index (χ0n) is 13.2. The van der Waals surface area contributed by atoms with Gasteiger partial charge in [0.25, 0.3) is 0 Å². The van der Waals surface area contributed by atoms with Crippen LogP contribution in [0.15, 0.2) is 60.0 Å². The molecule has 0 aromatic heterocycles. The molecule has 1 aliphatic rings. The highest BCUT2D eigenvalue weighted by atomic mass is 35.5. The van der Waals surface area contributed by atoms with Gasteiger partial charge in [-0.2, -0.15) is 0 Å². The van der Waals surface area contributed by atoms with Crippen molar-refractivity contribution in [3.63, 3.8) is 0 Å². The molecule has 0 bridgehead atoms. The van der Waals surface area contributed by atoms with E-state index in [0.717, 1.165) is 5.56 Å². The maximum Gasteiger partial charge on any atom is 0.303 e. The summed E-state index contributed by atoms with van der Waals surface area (Å²) in [6, 6.07) is 16.8. The molecule has 127 valence electrons. The zero-order valence-corrected chi connectivity index (χ0v) is 13.9. The third-order valence-corrected chi connectivity index (χ3v) is 4.37. The van der Waals surface area contributed by atoms with Gasteiger partial charge in [-0.15, -0.1) is 0 Å². The fraction of sp³-hybridized carbons (Fsp3) is 0.167. The van der Waals surface area contributed by atoms with Crippen molar-refractivity contribution in [1.29, 1.82) is 0 Å². The van der Waals surface area contributed by atoms with Gasteiger partial charge in [0.2, 0.25) is 5.91 Å². The number of nitro groups is 1. The lowest BCUT2D eigenvalue weighted by Gasteiger charge is -2.17. The van der Waals surface area contributed by atoms with Gasteiger partial charge in [-0.25, -0.2) is 0 Å². The molecule has 0 aliphatic carbocycles. The Morgan fingerprint density at radius 1 is 1.24 bits per heavy atom. The van der Waals surface area contributed by atoms with Crippen LogP contribution in [0.2, 0.25) is 5.02 Å². The summed E-state index contributed by atoms with van der Waals surface area (Å²) in [5.74, 6) is -1.53. The number of rotatable bonds is 5. The predicted molar refractivity (Wildman–Crippen MR) is 93.1 cm³/mol. The van der Waals surface area contributed by atoms with E-state index in [4.69, 9.17) is 17.3 Å². The minimum Gasteiger partial charge on any atom is -0.380 e. The normalized spacial score (nSPS) is 17.2. The maximum absolute atomic E-state index is 12.8. The second kappa shape index (κ2) is 6.94. The third-order valence-electron chi connectivity index (χ3n) is 4.12. The molecule has 1 unspecified atom stereocenters. The van der Waals surface area contributed by atoms with E-state index in [2.05, 4.69) is 6.07 Å². The highest BCUT2D eigenvalue weighted by Gasteiger charge is 2.47. The first-order valence-corrected chi connectivity index (χ1v) is 8.03. The summed E-state index contributed by atoms with van der Waals surface area (Å²) in [7, 11) is 0. The number of amides is 1. The van der Waals surface area contributed by atoms with Crippen molar-refractivity contribution in [3.8, 4) is 0 Å². The Morgan fingerprint density at radius 3 is 2.56 bits per heavy atom. The van der Waals surface area contributed by atoms with Gasteiger partial charge in [-0.05, 0) is 35.7 Å². The number of hydrogen-bond acceptors (Lipinski definition) is 4. The SMILES string of the molecule is NC1=C([N+](=O)[O-])C(c2[c]cccc2)C(=O)N1CCc1ccc(Cl)cc1. The molecule has 0 saturated heterocycles. The molecule has 1 aliphatic heterocycles. The molecular weight excluding hydrogens is 342 g/mol. The molecule has 2 aromatic carbocycles. The summed E-state index contributed by atoms with van der Waals surface area (Å²) < 4.78 is 0. The van der Waals surface area contributed by atoms with E-state index in [1.165, 1.54) is 4.90 Å². The predicted octanol–water partition coefficient (Wildman–Crippen LogP) is 2.71. The van der Waals surface area contributed by atoms with Crippen LogP contribution in [0.25, 0.3) is 0 Å². The van der Waals surface area contributed by atoms with E-state index >= 15 is 0 Å². The summed E-state index contributed by atoms with van der Waals surface area (Å²) >= 11 is 5.86. The van der Waals surface area contributed by atoms with Gasteiger partial charge in [0.15, 0.2) is 11.7 Å². The first-order chi connectivity index (χ1) is 12.0. The largest absolute Gasteiger partial charge is 0.380 e. The smallest absolute Gasteiger partial charge is 0.303 e. The van der Waals surface area contributed by atoms with Crippen LogP contribution in [0.4, 0.5) is 0 Å². The molecule has 0 spiro atoms. The van der Waals surface area contributed by atoms with Crippen LogP contribution in [0.3, 0.4) is 0 Å². The highest BCUT2D eigenvalue weighted by molar-refractivity contribution is 6.30. The van der Waals surface area contributed by atoms with E-state index in [1.807, 2.05) is 12.1 Å². The van der Waals surface area contributed by atoms with Crippen molar-refractivity contribution in [2.75, 3.05) is 6.54 Å². The minimum atomic E-state index is -1.03. The monoisotopic (exact) mass is 356 g/mol. The lowest BCUT2D eigenvalue weighted by molar-refractivity contribution is -0.429. The second-order valence-corrected chi connectivity index (χ2v) is 6.08. The lowest BCUT2D eigenvalue weighted by Crippen LogP contribution is -2.32. The van der Waals surface area contributed by atoms with Crippen molar-refractivity contribution in [1.82, 2.24) is 4.90 Å². The van der Waals surface area contributed by atoms with Crippen LogP contribution in [0.5, 0.6) is 0 Å². The van der Waals surface area contributed by atoms with Crippen LogP contribution >= 0.6 is 11.6 Å². The maximum atomic E-state index is 12.8. The Balaban J connectivity index is 1.86. The van der Waals surface area contributed by atoms with Gasteiger partial charge in [0.1, 0.15) is 0 Å². The van der Waals surface area contributed by atoms with Gasteiger partial charge in [-0.3, -0.25) is 19.8 Å². The Kier molecular flexibility index (Phi) is 4.72. The third kappa shape index (κ3) is 3.34. The van der Waals surface area contributed by atoms with Crippen molar-refractivity contribution in [2.24, 2.45) is 5.73 Å². The second-order valence-electron chi connectivity index (χ2n) is 5.64. The van der Waals surface area contributed by atoms with Gasteiger partial charge >= 0.3 is 5.70 Å². The molecule has 0 saturated carbocycles. The summed E-state index contributed by atoms with van der Waals surface area (Å²) in [5.41, 5.74) is 7.05. The number of benzene rings is 2. The van der Waals surface area contributed by atoms with Crippen LogP contribution in [-0.2, 0) is 11.2 Å². The zero-order chi connectivity index (χ0) is 18.0. The summed E-state index contributed by atoms with van der Waals surface area (Å²) in [5, 5.41) is 12.1. The molecule has 2 N–H and O–H groups in total. The van der Waals surface area contributed by atoms with Crippen molar-refractivity contribution in [2.45, 2.75) is 12.3 Å². The molecule has 3 rings (SSSR count). The van der Waals surface area contributed by atoms with Gasteiger partial charge < -0.3 is 5.73 Å². The van der Waals surface area contributed by atoms with Crippen LogP contribution in [0.1, 0.15) is 17.0 Å². The highest BCUT2D eigenvalue weighted by Crippen LogP contribution is 2.35. The van der Waals surface area contributed by atoms with E-state index in [-0.39, 0.29) is 18.1 Å². The topological polar surface area (TPSA) is 89.5 Å². The summed E-state index contributed by atoms with van der Waals surface area (Å²) in [4.78, 5) is 24.9.